The zero-order valence-corrected chi connectivity index (χ0v) is 16.2. The van der Waals surface area contributed by atoms with Crippen LogP contribution in [0.4, 0.5) is 5.69 Å². The lowest BCUT2D eigenvalue weighted by molar-refractivity contribution is 0.0427. The average Bonchev–Trinajstić information content (AvgIpc) is 3.43. The molecular weight excluding hydrogens is 364 g/mol. The lowest BCUT2D eigenvalue weighted by atomic mass is 10.0. The minimum atomic E-state index is -0.258. The summed E-state index contributed by atoms with van der Waals surface area (Å²) in [5.74, 6) is 0.0376. The molecule has 5 rings (SSSR count). The molecule has 3 heterocycles. The Morgan fingerprint density at radius 2 is 1.93 bits per heavy atom. The summed E-state index contributed by atoms with van der Waals surface area (Å²) in [5, 5.41) is 8.08. The van der Waals surface area contributed by atoms with Crippen molar-refractivity contribution in [3.63, 3.8) is 0 Å². The monoisotopic (exact) mass is 388 g/mol. The van der Waals surface area contributed by atoms with Crippen molar-refractivity contribution in [2.24, 2.45) is 0 Å². The highest BCUT2D eigenvalue weighted by Gasteiger charge is 2.35. The number of hydrogen-bond donors (Lipinski definition) is 1. The molecule has 0 bridgehead atoms. The van der Waals surface area contributed by atoms with Gasteiger partial charge >= 0.3 is 0 Å². The number of anilines is 1. The van der Waals surface area contributed by atoms with Crippen LogP contribution in [0, 0.1) is 0 Å². The summed E-state index contributed by atoms with van der Waals surface area (Å²) in [6, 6.07) is 17.9. The molecule has 0 aliphatic carbocycles. The number of hydrogen-bond acceptors (Lipinski definition) is 4. The Morgan fingerprint density at radius 3 is 2.76 bits per heavy atom. The Labute approximate surface area is 170 Å². The number of amides is 1. The molecule has 6 nitrogen and oxygen atoms in total. The zero-order valence-electron chi connectivity index (χ0n) is 16.2. The van der Waals surface area contributed by atoms with Crippen molar-refractivity contribution in [1.82, 2.24) is 14.7 Å². The van der Waals surface area contributed by atoms with Gasteiger partial charge in [0.25, 0.3) is 5.91 Å². The van der Waals surface area contributed by atoms with Crippen LogP contribution in [0.3, 0.4) is 0 Å². The topological polar surface area (TPSA) is 59.4 Å². The third-order valence-corrected chi connectivity index (χ3v) is 5.60. The van der Waals surface area contributed by atoms with Gasteiger partial charge in [0.2, 0.25) is 0 Å². The van der Waals surface area contributed by atoms with Gasteiger partial charge in [-0.15, -0.1) is 0 Å². The predicted molar refractivity (Wildman–Crippen MR) is 111 cm³/mol. The van der Waals surface area contributed by atoms with Crippen molar-refractivity contribution >= 4 is 11.6 Å². The molecule has 1 aromatic heterocycles. The molecule has 1 saturated heterocycles. The summed E-state index contributed by atoms with van der Waals surface area (Å²) in [4.78, 5) is 15.2. The molecule has 1 fully saturated rings. The van der Waals surface area contributed by atoms with Gasteiger partial charge in [0.1, 0.15) is 6.17 Å². The Hall–Kier alpha value is -3.12. The van der Waals surface area contributed by atoms with Crippen molar-refractivity contribution in [1.29, 1.82) is 0 Å². The first kappa shape index (κ1) is 17.9. The fraction of sp³-hybridized carbons (Fsp3) is 0.304. The number of rotatable bonds is 5. The van der Waals surface area contributed by atoms with Crippen molar-refractivity contribution in [3.8, 4) is 0 Å². The zero-order chi connectivity index (χ0) is 19.6. The standard InChI is InChI=1S/C23H24N4O2/c28-23-20-10-4-5-11-21(20)25-22(27(23)16-19-9-6-12-29-19)18-13-24-26(15-18)14-17-7-2-1-3-8-17/h1-5,7-8,10-11,13,15,19,22,25H,6,9,12,14,16H2. The highest BCUT2D eigenvalue weighted by atomic mass is 16.5. The minimum absolute atomic E-state index is 0.0376. The molecular formula is C23H24N4O2. The number of ether oxygens (including phenoxy) is 1. The van der Waals surface area contributed by atoms with Crippen molar-refractivity contribution in [3.05, 3.63) is 83.7 Å². The van der Waals surface area contributed by atoms with Gasteiger partial charge in [0.05, 0.1) is 24.4 Å². The molecule has 2 aromatic carbocycles. The summed E-state index contributed by atoms with van der Waals surface area (Å²) in [6.45, 7) is 2.05. The van der Waals surface area contributed by atoms with Gasteiger partial charge in [-0.05, 0) is 30.5 Å². The molecule has 3 aromatic rings. The Balaban J connectivity index is 1.44. The van der Waals surface area contributed by atoms with E-state index in [1.807, 2.05) is 64.4 Å². The van der Waals surface area contributed by atoms with Gasteiger partial charge in [-0.2, -0.15) is 5.10 Å². The van der Waals surface area contributed by atoms with E-state index >= 15 is 0 Å². The lowest BCUT2D eigenvalue weighted by Crippen LogP contribution is -2.46. The fourth-order valence-electron chi connectivity index (χ4n) is 4.13. The van der Waals surface area contributed by atoms with Gasteiger partial charge in [0, 0.05) is 30.6 Å². The van der Waals surface area contributed by atoms with Crippen LogP contribution in [0.1, 0.15) is 40.5 Å². The predicted octanol–water partition coefficient (Wildman–Crippen LogP) is 3.68. The van der Waals surface area contributed by atoms with Gasteiger partial charge in [-0.25, -0.2) is 0 Å². The maximum absolute atomic E-state index is 13.3. The van der Waals surface area contributed by atoms with Gasteiger partial charge in [-0.1, -0.05) is 42.5 Å². The van der Waals surface area contributed by atoms with E-state index < -0.39 is 0 Å². The quantitative estimate of drug-likeness (QED) is 0.724. The lowest BCUT2D eigenvalue weighted by Gasteiger charge is -2.38. The number of nitrogens with zero attached hydrogens (tertiary/aromatic N) is 3. The number of aromatic nitrogens is 2. The molecule has 29 heavy (non-hydrogen) atoms. The number of nitrogens with one attached hydrogen (secondary N) is 1. The molecule has 2 unspecified atom stereocenters. The molecule has 2 aliphatic heterocycles. The van der Waals surface area contributed by atoms with Crippen LogP contribution >= 0.6 is 0 Å². The second-order valence-electron chi connectivity index (χ2n) is 7.64. The Bertz CT molecular complexity index is 995. The van der Waals surface area contributed by atoms with E-state index in [1.54, 1.807) is 0 Å². The van der Waals surface area contributed by atoms with E-state index in [0.717, 1.165) is 30.7 Å². The maximum Gasteiger partial charge on any atom is 0.257 e. The third kappa shape index (κ3) is 3.63. The van der Waals surface area contributed by atoms with E-state index in [0.29, 0.717) is 18.7 Å². The number of fused-ring (bicyclic) bond motifs is 1. The van der Waals surface area contributed by atoms with Crippen LogP contribution in [-0.4, -0.2) is 39.8 Å². The Kier molecular flexibility index (Phi) is 4.77. The first-order chi connectivity index (χ1) is 14.3. The molecule has 0 saturated carbocycles. The molecule has 1 amide bonds. The van der Waals surface area contributed by atoms with Crippen LogP contribution < -0.4 is 5.32 Å². The molecule has 2 aliphatic rings. The summed E-state index contributed by atoms with van der Waals surface area (Å²) in [7, 11) is 0. The summed E-state index contributed by atoms with van der Waals surface area (Å²) in [5.41, 5.74) is 3.73. The smallest absolute Gasteiger partial charge is 0.257 e. The average molecular weight is 388 g/mol. The summed E-state index contributed by atoms with van der Waals surface area (Å²) >= 11 is 0. The van der Waals surface area contributed by atoms with Gasteiger partial charge in [-0.3, -0.25) is 9.48 Å². The molecule has 148 valence electrons. The molecule has 0 spiro atoms. The van der Waals surface area contributed by atoms with Gasteiger partial charge < -0.3 is 15.0 Å². The van der Waals surface area contributed by atoms with Crippen LogP contribution in [0.15, 0.2) is 67.0 Å². The molecule has 2 atom stereocenters. The van der Waals surface area contributed by atoms with Crippen LogP contribution in [0.25, 0.3) is 0 Å². The van der Waals surface area contributed by atoms with Crippen LogP contribution in [0.2, 0.25) is 0 Å². The SMILES string of the molecule is O=C1c2ccccc2NC(c2cnn(Cc3ccccc3)c2)N1CC1CCCO1. The highest BCUT2D eigenvalue weighted by molar-refractivity contribution is 6.01. The first-order valence-electron chi connectivity index (χ1n) is 10.1. The molecule has 0 radical (unpaired) electrons. The van der Waals surface area contributed by atoms with Crippen molar-refractivity contribution in [2.75, 3.05) is 18.5 Å². The number of benzene rings is 2. The van der Waals surface area contributed by atoms with Crippen molar-refractivity contribution in [2.45, 2.75) is 31.7 Å². The number of carbonyl (C=O) groups is 1. The molecule has 1 N–H and O–H groups in total. The number of carbonyl (C=O) groups excluding carboxylic acids is 1. The largest absolute Gasteiger partial charge is 0.376 e. The van der Waals surface area contributed by atoms with E-state index in [1.165, 1.54) is 5.56 Å². The second-order valence-corrected chi connectivity index (χ2v) is 7.64. The van der Waals surface area contributed by atoms with E-state index in [4.69, 9.17) is 4.74 Å². The summed E-state index contributed by atoms with van der Waals surface area (Å²) < 4.78 is 7.74. The second kappa shape index (κ2) is 7.72. The van der Waals surface area contributed by atoms with E-state index in [9.17, 15) is 4.79 Å². The third-order valence-electron chi connectivity index (χ3n) is 5.60. The van der Waals surface area contributed by atoms with Gasteiger partial charge in [0.15, 0.2) is 0 Å². The normalized spacial score (nSPS) is 21.1. The van der Waals surface area contributed by atoms with E-state index in [2.05, 4.69) is 22.5 Å². The van der Waals surface area contributed by atoms with Crippen LogP contribution in [-0.2, 0) is 11.3 Å². The highest BCUT2D eigenvalue weighted by Crippen LogP contribution is 2.34. The maximum atomic E-state index is 13.3. The van der Waals surface area contributed by atoms with Crippen molar-refractivity contribution < 1.29 is 9.53 Å². The fourth-order valence-corrected chi connectivity index (χ4v) is 4.13. The summed E-state index contributed by atoms with van der Waals surface area (Å²) in [6.07, 6.45) is 5.75. The number of para-hydroxylation sites is 1. The first-order valence-corrected chi connectivity index (χ1v) is 10.1. The Morgan fingerprint density at radius 1 is 1.10 bits per heavy atom. The molecule has 6 heteroatoms. The van der Waals surface area contributed by atoms with Crippen LogP contribution in [0.5, 0.6) is 0 Å². The van der Waals surface area contributed by atoms with E-state index in [-0.39, 0.29) is 18.2 Å². The minimum Gasteiger partial charge on any atom is -0.376 e.